The second kappa shape index (κ2) is 4.34. The van der Waals surface area contributed by atoms with E-state index in [1.54, 1.807) is 6.07 Å². The summed E-state index contributed by atoms with van der Waals surface area (Å²) in [5, 5.41) is 8.85. The average Bonchev–Trinajstić information content (AvgIpc) is 2.70. The fourth-order valence-corrected chi connectivity index (χ4v) is 1.77. The first-order valence-electron chi connectivity index (χ1n) is 5.60. The third-order valence-electron chi connectivity index (χ3n) is 2.86. The van der Waals surface area contributed by atoms with Crippen molar-refractivity contribution in [2.75, 3.05) is 5.73 Å². The van der Waals surface area contributed by atoms with E-state index in [0.29, 0.717) is 17.3 Å². The van der Waals surface area contributed by atoms with Crippen molar-refractivity contribution in [2.45, 2.75) is 19.8 Å². The number of anilines is 1. The number of nitrogens with one attached hydrogen (secondary N) is 1. The Hall–Kier alpha value is -2.21. The number of H-pyrrole nitrogens is 1. The third-order valence-corrected chi connectivity index (χ3v) is 2.86. The lowest BCUT2D eigenvalue weighted by molar-refractivity contribution is 0.867. The topological polar surface area (TPSA) is 65.6 Å². The molecule has 1 heterocycles. The molecule has 0 saturated carbocycles. The molecule has 3 nitrogen and oxygen atoms in total. The maximum Gasteiger partial charge on any atom is 0.119 e. The molecular formula is C14H15N3. The SMILES string of the molecule is CC(C)c1ccc(-c2cc(C#N)c(N)[nH]2)cc1. The molecule has 0 amide bonds. The van der Waals surface area contributed by atoms with E-state index in [9.17, 15) is 0 Å². The maximum absolute atomic E-state index is 8.85. The number of hydrogen-bond acceptors (Lipinski definition) is 2. The molecule has 0 saturated heterocycles. The monoisotopic (exact) mass is 225 g/mol. The van der Waals surface area contributed by atoms with Crippen LogP contribution in [0.25, 0.3) is 11.3 Å². The largest absolute Gasteiger partial charge is 0.384 e. The third kappa shape index (κ3) is 2.16. The Morgan fingerprint density at radius 3 is 2.35 bits per heavy atom. The molecule has 0 radical (unpaired) electrons. The summed E-state index contributed by atoms with van der Waals surface area (Å²) in [6.45, 7) is 4.32. The Balaban J connectivity index is 2.37. The molecule has 0 spiro atoms. The second-order valence-corrected chi connectivity index (χ2v) is 4.40. The number of nitriles is 1. The second-order valence-electron chi connectivity index (χ2n) is 4.40. The number of aromatic nitrogens is 1. The van der Waals surface area contributed by atoms with E-state index in [4.69, 9.17) is 11.0 Å². The predicted molar refractivity (Wildman–Crippen MR) is 69.4 cm³/mol. The van der Waals surface area contributed by atoms with Gasteiger partial charge < -0.3 is 10.7 Å². The van der Waals surface area contributed by atoms with Gasteiger partial charge >= 0.3 is 0 Å². The molecular weight excluding hydrogens is 210 g/mol. The smallest absolute Gasteiger partial charge is 0.119 e. The van der Waals surface area contributed by atoms with Gasteiger partial charge in [0, 0.05) is 5.69 Å². The Morgan fingerprint density at radius 1 is 1.24 bits per heavy atom. The van der Waals surface area contributed by atoms with E-state index in [0.717, 1.165) is 11.3 Å². The zero-order valence-electron chi connectivity index (χ0n) is 9.99. The van der Waals surface area contributed by atoms with Crippen molar-refractivity contribution >= 4 is 5.82 Å². The molecule has 2 rings (SSSR count). The number of nitrogens with two attached hydrogens (primary N) is 1. The molecule has 0 unspecified atom stereocenters. The first kappa shape index (κ1) is 11.3. The average molecular weight is 225 g/mol. The lowest BCUT2D eigenvalue weighted by Crippen LogP contribution is -1.88. The van der Waals surface area contributed by atoms with Gasteiger partial charge in [0.05, 0.1) is 5.56 Å². The molecule has 3 N–H and O–H groups in total. The van der Waals surface area contributed by atoms with Crippen molar-refractivity contribution in [2.24, 2.45) is 0 Å². The summed E-state index contributed by atoms with van der Waals surface area (Å²) in [6.07, 6.45) is 0. The van der Waals surface area contributed by atoms with Crippen LogP contribution in [0.5, 0.6) is 0 Å². The summed E-state index contributed by atoms with van der Waals surface area (Å²) in [6, 6.07) is 12.1. The van der Waals surface area contributed by atoms with E-state index in [-0.39, 0.29) is 0 Å². The quantitative estimate of drug-likeness (QED) is 0.823. The van der Waals surface area contributed by atoms with Crippen molar-refractivity contribution < 1.29 is 0 Å². The standard InChI is InChI=1S/C14H15N3/c1-9(2)10-3-5-11(6-4-10)13-7-12(8-15)14(16)17-13/h3-7,9,17H,16H2,1-2H3. The highest BCUT2D eigenvalue weighted by molar-refractivity contribution is 5.67. The number of nitrogen functional groups attached to an aromatic ring is 1. The van der Waals surface area contributed by atoms with Gasteiger partial charge in [0.2, 0.25) is 0 Å². The Bertz CT molecular complexity index is 556. The van der Waals surface area contributed by atoms with Crippen LogP contribution in [-0.4, -0.2) is 4.98 Å². The molecule has 0 aliphatic rings. The highest BCUT2D eigenvalue weighted by atomic mass is 14.9. The van der Waals surface area contributed by atoms with Gasteiger partial charge in [0.15, 0.2) is 0 Å². The number of nitrogens with zero attached hydrogens (tertiary/aromatic N) is 1. The lowest BCUT2D eigenvalue weighted by Gasteiger charge is -2.05. The van der Waals surface area contributed by atoms with Gasteiger partial charge in [0.1, 0.15) is 11.9 Å². The van der Waals surface area contributed by atoms with Gasteiger partial charge in [-0.2, -0.15) is 5.26 Å². The van der Waals surface area contributed by atoms with Crippen LogP contribution in [0.2, 0.25) is 0 Å². The molecule has 0 fully saturated rings. The molecule has 1 aromatic heterocycles. The molecule has 3 heteroatoms. The molecule has 2 aromatic rings. The van der Waals surface area contributed by atoms with Gasteiger partial charge in [-0.1, -0.05) is 38.1 Å². The zero-order valence-corrected chi connectivity index (χ0v) is 9.99. The van der Waals surface area contributed by atoms with Crippen molar-refractivity contribution in [1.82, 2.24) is 4.98 Å². The minimum absolute atomic E-state index is 0.426. The summed E-state index contributed by atoms with van der Waals surface area (Å²) in [5.74, 6) is 0.947. The maximum atomic E-state index is 8.85. The number of hydrogen-bond donors (Lipinski definition) is 2. The van der Waals surface area contributed by atoms with Gasteiger partial charge in [-0.25, -0.2) is 0 Å². The summed E-state index contributed by atoms with van der Waals surface area (Å²) in [4.78, 5) is 3.02. The van der Waals surface area contributed by atoms with Crippen molar-refractivity contribution in [1.29, 1.82) is 5.26 Å². The molecule has 86 valence electrons. The van der Waals surface area contributed by atoms with Crippen molar-refractivity contribution in [3.8, 4) is 17.3 Å². The van der Waals surface area contributed by atoms with Gasteiger partial charge in [-0.05, 0) is 23.1 Å². The molecule has 0 aliphatic carbocycles. The fraction of sp³-hybridized carbons (Fsp3) is 0.214. The number of aromatic amines is 1. The van der Waals surface area contributed by atoms with Gasteiger partial charge in [-0.15, -0.1) is 0 Å². The summed E-state index contributed by atoms with van der Waals surface area (Å²) >= 11 is 0. The van der Waals surface area contributed by atoms with Gasteiger partial charge in [0.25, 0.3) is 0 Å². The van der Waals surface area contributed by atoms with E-state index in [1.165, 1.54) is 5.56 Å². The van der Waals surface area contributed by atoms with Crippen LogP contribution in [-0.2, 0) is 0 Å². The predicted octanol–water partition coefficient (Wildman–Crippen LogP) is 3.26. The van der Waals surface area contributed by atoms with E-state index in [2.05, 4.69) is 37.0 Å². The van der Waals surface area contributed by atoms with E-state index in [1.807, 2.05) is 12.1 Å². The minimum Gasteiger partial charge on any atom is -0.384 e. The highest BCUT2D eigenvalue weighted by Crippen LogP contribution is 2.24. The molecule has 1 aromatic carbocycles. The molecule has 0 atom stereocenters. The Kier molecular flexibility index (Phi) is 2.88. The summed E-state index contributed by atoms with van der Waals surface area (Å²) in [5.41, 5.74) is 9.41. The number of benzene rings is 1. The van der Waals surface area contributed by atoms with Crippen LogP contribution in [0, 0.1) is 11.3 Å². The van der Waals surface area contributed by atoms with E-state index >= 15 is 0 Å². The van der Waals surface area contributed by atoms with Crippen LogP contribution in [0.1, 0.15) is 30.9 Å². The summed E-state index contributed by atoms with van der Waals surface area (Å²) < 4.78 is 0. The van der Waals surface area contributed by atoms with Crippen LogP contribution >= 0.6 is 0 Å². The van der Waals surface area contributed by atoms with Gasteiger partial charge in [-0.3, -0.25) is 0 Å². The molecule has 17 heavy (non-hydrogen) atoms. The Labute approximate surface area is 101 Å². The van der Waals surface area contributed by atoms with Crippen LogP contribution in [0.4, 0.5) is 5.82 Å². The fourth-order valence-electron chi connectivity index (χ4n) is 1.77. The first-order valence-corrected chi connectivity index (χ1v) is 5.60. The van der Waals surface area contributed by atoms with Crippen LogP contribution in [0.3, 0.4) is 0 Å². The zero-order chi connectivity index (χ0) is 12.4. The van der Waals surface area contributed by atoms with Crippen LogP contribution < -0.4 is 5.73 Å². The summed E-state index contributed by atoms with van der Waals surface area (Å²) in [7, 11) is 0. The molecule has 0 bridgehead atoms. The van der Waals surface area contributed by atoms with Crippen LogP contribution in [0.15, 0.2) is 30.3 Å². The Morgan fingerprint density at radius 2 is 1.88 bits per heavy atom. The highest BCUT2D eigenvalue weighted by Gasteiger charge is 2.06. The normalized spacial score (nSPS) is 10.5. The lowest BCUT2D eigenvalue weighted by atomic mass is 10.0. The van der Waals surface area contributed by atoms with E-state index < -0.39 is 0 Å². The van der Waals surface area contributed by atoms with Crippen molar-refractivity contribution in [3.05, 3.63) is 41.5 Å². The first-order chi connectivity index (χ1) is 8.11. The number of rotatable bonds is 2. The minimum atomic E-state index is 0.426. The van der Waals surface area contributed by atoms with Crippen molar-refractivity contribution in [3.63, 3.8) is 0 Å². The molecule has 0 aliphatic heterocycles.